The Balaban J connectivity index is 2.87. The van der Waals surface area contributed by atoms with Crippen molar-refractivity contribution in [1.29, 1.82) is 0 Å². The SMILES string of the molecule is CC(C)(C)c1cc(O)cc2ccc(F)c(CC(F)(F)F)c12. The van der Waals surface area contributed by atoms with Crippen LogP contribution in [0.25, 0.3) is 10.8 Å². The van der Waals surface area contributed by atoms with Gasteiger partial charge in [-0.3, -0.25) is 0 Å². The molecule has 0 fully saturated rings. The minimum Gasteiger partial charge on any atom is -0.508 e. The van der Waals surface area contributed by atoms with E-state index in [1.807, 2.05) is 20.8 Å². The fraction of sp³-hybridized carbons (Fsp3) is 0.375. The smallest absolute Gasteiger partial charge is 0.393 e. The van der Waals surface area contributed by atoms with Crippen molar-refractivity contribution in [3.05, 3.63) is 41.2 Å². The molecule has 5 heteroatoms. The van der Waals surface area contributed by atoms with Crippen molar-refractivity contribution in [3.8, 4) is 5.75 Å². The van der Waals surface area contributed by atoms with E-state index >= 15 is 0 Å². The zero-order valence-electron chi connectivity index (χ0n) is 12.0. The summed E-state index contributed by atoms with van der Waals surface area (Å²) in [5.41, 5.74) is -0.397. The Morgan fingerprint density at radius 2 is 1.67 bits per heavy atom. The molecule has 0 saturated heterocycles. The molecule has 2 aromatic carbocycles. The molecule has 0 spiro atoms. The summed E-state index contributed by atoms with van der Waals surface area (Å²) in [6.45, 7) is 5.43. The topological polar surface area (TPSA) is 20.2 Å². The largest absolute Gasteiger partial charge is 0.508 e. The highest BCUT2D eigenvalue weighted by Gasteiger charge is 2.32. The van der Waals surface area contributed by atoms with Crippen LogP contribution in [0.1, 0.15) is 31.9 Å². The van der Waals surface area contributed by atoms with Crippen LogP contribution in [0, 0.1) is 5.82 Å². The van der Waals surface area contributed by atoms with Crippen LogP contribution in [-0.4, -0.2) is 11.3 Å². The van der Waals surface area contributed by atoms with Crippen LogP contribution in [0.3, 0.4) is 0 Å². The maximum Gasteiger partial charge on any atom is 0.393 e. The summed E-state index contributed by atoms with van der Waals surface area (Å²) < 4.78 is 52.2. The van der Waals surface area contributed by atoms with Crippen molar-refractivity contribution < 1.29 is 22.7 Å². The zero-order chi connectivity index (χ0) is 16.0. The molecule has 21 heavy (non-hydrogen) atoms. The van der Waals surface area contributed by atoms with Crippen molar-refractivity contribution >= 4 is 10.8 Å². The first-order valence-electron chi connectivity index (χ1n) is 6.50. The second-order valence-corrected chi connectivity index (χ2v) is 6.16. The minimum absolute atomic E-state index is 0.0445. The molecular formula is C16H16F4O. The third kappa shape index (κ3) is 3.28. The van der Waals surface area contributed by atoms with Crippen molar-refractivity contribution in [2.45, 2.75) is 38.8 Å². The predicted molar refractivity (Wildman–Crippen MR) is 74.0 cm³/mol. The van der Waals surface area contributed by atoms with Gasteiger partial charge in [0.25, 0.3) is 0 Å². The average Bonchev–Trinajstić information content (AvgIpc) is 2.29. The number of alkyl halides is 3. The maximum atomic E-state index is 14.0. The van der Waals surface area contributed by atoms with Gasteiger partial charge in [0.2, 0.25) is 0 Å². The van der Waals surface area contributed by atoms with Gasteiger partial charge in [-0.2, -0.15) is 13.2 Å². The molecule has 0 amide bonds. The predicted octanol–water partition coefficient (Wildman–Crippen LogP) is 5.09. The molecule has 2 aromatic rings. The van der Waals surface area contributed by atoms with Crippen LogP contribution >= 0.6 is 0 Å². The lowest BCUT2D eigenvalue weighted by Gasteiger charge is -2.24. The molecule has 0 radical (unpaired) electrons. The summed E-state index contributed by atoms with van der Waals surface area (Å²) >= 11 is 0. The highest BCUT2D eigenvalue weighted by Crippen LogP contribution is 2.38. The van der Waals surface area contributed by atoms with E-state index < -0.39 is 23.8 Å². The second kappa shape index (κ2) is 4.90. The van der Waals surface area contributed by atoms with E-state index in [9.17, 15) is 22.7 Å². The van der Waals surface area contributed by atoms with Crippen molar-refractivity contribution in [3.63, 3.8) is 0 Å². The van der Waals surface area contributed by atoms with E-state index in [0.717, 1.165) is 6.07 Å². The third-order valence-electron chi connectivity index (χ3n) is 3.34. The second-order valence-electron chi connectivity index (χ2n) is 6.16. The Labute approximate surface area is 120 Å². The van der Waals surface area contributed by atoms with Crippen LogP contribution in [0.2, 0.25) is 0 Å². The van der Waals surface area contributed by atoms with E-state index in [1.54, 1.807) is 0 Å². The summed E-state index contributed by atoms with van der Waals surface area (Å²) in [6.07, 6.45) is -5.83. The van der Waals surface area contributed by atoms with E-state index in [1.165, 1.54) is 18.2 Å². The first-order chi connectivity index (χ1) is 9.49. The Morgan fingerprint density at radius 3 is 2.19 bits per heavy atom. The molecule has 0 unspecified atom stereocenters. The highest BCUT2D eigenvalue weighted by molar-refractivity contribution is 5.91. The van der Waals surface area contributed by atoms with Gasteiger partial charge in [0.05, 0.1) is 6.42 Å². The molecule has 114 valence electrons. The van der Waals surface area contributed by atoms with Gasteiger partial charge in [-0.25, -0.2) is 4.39 Å². The first kappa shape index (κ1) is 15.6. The molecule has 0 heterocycles. The van der Waals surface area contributed by atoms with Crippen LogP contribution in [0.5, 0.6) is 5.75 Å². The Kier molecular flexibility index (Phi) is 3.64. The summed E-state index contributed by atoms with van der Waals surface area (Å²) in [5.74, 6) is -0.923. The van der Waals surface area contributed by atoms with Crippen molar-refractivity contribution in [2.24, 2.45) is 0 Å². The maximum absolute atomic E-state index is 14.0. The van der Waals surface area contributed by atoms with Crippen LogP contribution in [0.15, 0.2) is 24.3 Å². The van der Waals surface area contributed by atoms with Crippen LogP contribution < -0.4 is 0 Å². The van der Waals surface area contributed by atoms with E-state index in [0.29, 0.717) is 10.9 Å². The Hall–Kier alpha value is -1.78. The lowest BCUT2D eigenvalue weighted by molar-refractivity contribution is -0.127. The number of fused-ring (bicyclic) bond motifs is 1. The Morgan fingerprint density at radius 1 is 1.05 bits per heavy atom. The van der Waals surface area contributed by atoms with Crippen LogP contribution in [-0.2, 0) is 11.8 Å². The van der Waals surface area contributed by atoms with Gasteiger partial charge in [0.15, 0.2) is 0 Å². The van der Waals surface area contributed by atoms with Gasteiger partial charge >= 0.3 is 6.18 Å². The highest BCUT2D eigenvalue weighted by atomic mass is 19.4. The first-order valence-corrected chi connectivity index (χ1v) is 6.50. The van der Waals surface area contributed by atoms with Gasteiger partial charge in [0, 0.05) is 5.56 Å². The van der Waals surface area contributed by atoms with E-state index in [4.69, 9.17) is 0 Å². The molecule has 0 atom stereocenters. The van der Waals surface area contributed by atoms with Gasteiger partial charge < -0.3 is 5.11 Å². The van der Waals surface area contributed by atoms with E-state index in [-0.39, 0.29) is 16.7 Å². The fourth-order valence-electron chi connectivity index (χ4n) is 2.46. The molecule has 0 bridgehead atoms. The standard InChI is InChI=1S/C16H16F4O/c1-15(2,3)12-7-10(21)6-9-4-5-13(17)11(14(9)12)8-16(18,19)20/h4-7,21H,8H2,1-3H3. The summed E-state index contributed by atoms with van der Waals surface area (Å²) in [7, 11) is 0. The van der Waals surface area contributed by atoms with Gasteiger partial charge in [-0.1, -0.05) is 26.8 Å². The number of halogens is 4. The summed E-state index contributed by atoms with van der Waals surface area (Å²) in [4.78, 5) is 0. The summed E-state index contributed by atoms with van der Waals surface area (Å²) in [5, 5.41) is 10.4. The zero-order valence-corrected chi connectivity index (χ0v) is 12.0. The number of phenolic OH excluding ortho intramolecular Hbond substituents is 1. The third-order valence-corrected chi connectivity index (χ3v) is 3.34. The fourth-order valence-corrected chi connectivity index (χ4v) is 2.46. The molecule has 0 aromatic heterocycles. The quantitative estimate of drug-likeness (QED) is 0.728. The average molecular weight is 300 g/mol. The van der Waals surface area contributed by atoms with Crippen molar-refractivity contribution in [1.82, 2.24) is 0 Å². The molecule has 0 aliphatic carbocycles. The molecule has 0 aliphatic rings. The van der Waals surface area contributed by atoms with Crippen LogP contribution in [0.4, 0.5) is 17.6 Å². The Bertz CT molecular complexity index is 681. The lowest BCUT2D eigenvalue weighted by Crippen LogP contribution is -2.17. The summed E-state index contributed by atoms with van der Waals surface area (Å²) in [6, 6.07) is 5.15. The van der Waals surface area contributed by atoms with Gasteiger partial charge in [-0.15, -0.1) is 0 Å². The number of hydrogen-bond donors (Lipinski definition) is 1. The van der Waals surface area contributed by atoms with Crippen molar-refractivity contribution in [2.75, 3.05) is 0 Å². The molecule has 1 N–H and O–H groups in total. The lowest BCUT2D eigenvalue weighted by atomic mass is 9.81. The normalized spacial score (nSPS) is 12.9. The minimum atomic E-state index is -4.50. The number of hydrogen-bond acceptors (Lipinski definition) is 1. The van der Waals surface area contributed by atoms with Gasteiger partial charge in [-0.05, 0) is 39.9 Å². The molecule has 1 nitrogen and oxygen atoms in total. The van der Waals surface area contributed by atoms with E-state index in [2.05, 4.69) is 0 Å². The monoisotopic (exact) mass is 300 g/mol. The molecular weight excluding hydrogens is 284 g/mol. The molecule has 0 saturated carbocycles. The molecule has 2 rings (SSSR count). The number of aromatic hydroxyl groups is 1. The number of rotatable bonds is 1. The number of phenols is 1. The van der Waals surface area contributed by atoms with Gasteiger partial charge in [0.1, 0.15) is 11.6 Å². The molecule has 0 aliphatic heterocycles. The number of benzene rings is 2.